The molecular formula is C15H15NO3S. The Hall–Kier alpha value is -2.01. The fraction of sp³-hybridized carbons (Fsp3) is 0.267. The molecule has 0 unspecified atom stereocenters. The van der Waals surface area contributed by atoms with Crippen LogP contribution in [0, 0.1) is 0 Å². The normalized spacial score (nSPS) is 13.1. The van der Waals surface area contributed by atoms with Crippen molar-refractivity contribution in [3.8, 4) is 16.2 Å². The summed E-state index contributed by atoms with van der Waals surface area (Å²) in [5, 5.41) is 9.21. The maximum atomic E-state index is 11.2. The molecule has 3 N–H and O–H groups in total. The van der Waals surface area contributed by atoms with E-state index in [1.165, 1.54) is 16.9 Å². The van der Waals surface area contributed by atoms with E-state index in [-0.39, 0.29) is 4.88 Å². The van der Waals surface area contributed by atoms with Crippen molar-refractivity contribution in [1.29, 1.82) is 0 Å². The lowest BCUT2D eigenvalue weighted by atomic mass is 10.0. The lowest BCUT2D eigenvalue weighted by molar-refractivity contribution is 0.0703. The maximum absolute atomic E-state index is 11.2. The molecule has 1 aliphatic heterocycles. The van der Waals surface area contributed by atoms with E-state index in [1.54, 1.807) is 0 Å². The third kappa shape index (κ3) is 1.94. The van der Waals surface area contributed by atoms with Crippen molar-refractivity contribution >= 4 is 23.0 Å². The average molecular weight is 289 g/mol. The van der Waals surface area contributed by atoms with Crippen molar-refractivity contribution in [2.24, 2.45) is 0 Å². The van der Waals surface area contributed by atoms with Gasteiger partial charge in [-0.15, -0.1) is 11.3 Å². The van der Waals surface area contributed by atoms with Crippen molar-refractivity contribution < 1.29 is 14.6 Å². The Morgan fingerprint density at radius 3 is 3.00 bits per heavy atom. The Balaban J connectivity index is 2.14. The lowest BCUT2D eigenvalue weighted by Gasteiger charge is -2.05. The van der Waals surface area contributed by atoms with Gasteiger partial charge in [0.15, 0.2) is 0 Å². The molecule has 0 spiro atoms. The Morgan fingerprint density at radius 2 is 2.30 bits per heavy atom. The van der Waals surface area contributed by atoms with Gasteiger partial charge in [0.05, 0.1) is 12.3 Å². The zero-order valence-electron chi connectivity index (χ0n) is 11.1. The monoisotopic (exact) mass is 289 g/mol. The number of aromatic carboxylic acids is 1. The van der Waals surface area contributed by atoms with Crippen LogP contribution in [0.4, 0.5) is 5.69 Å². The number of thiophene rings is 1. The summed E-state index contributed by atoms with van der Waals surface area (Å²) in [4.78, 5) is 12.4. The van der Waals surface area contributed by atoms with Gasteiger partial charge in [0, 0.05) is 11.3 Å². The molecule has 2 aromatic rings. The number of hydrogen-bond acceptors (Lipinski definition) is 4. The van der Waals surface area contributed by atoms with Crippen molar-refractivity contribution in [3.63, 3.8) is 0 Å². The molecule has 1 aromatic heterocycles. The molecule has 0 aliphatic carbocycles. The van der Waals surface area contributed by atoms with Crippen LogP contribution in [0.15, 0.2) is 18.2 Å². The zero-order chi connectivity index (χ0) is 14.3. The van der Waals surface area contributed by atoms with Gasteiger partial charge in [-0.2, -0.15) is 0 Å². The van der Waals surface area contributed by atoms with E-state index in [9.17, 15) is 9.90 Å². The van der Waals surface area contributed by atoms with E-state index in [4.69, 9.17) is 10.5 Å². The molecule has 4 nitrogen and oxygen atoms in total. The van der Waals surface area contributed by atoms with Gasteiger partial charge in [-0.3, -0.25) is 0 Å². The average Bonchev–Trinajstić information content (AvgIpc) is 3.01. The van der Waals surface area contributed by atoms with Crippen molar-refractivity contribution in [3.05, 3.63) is 34.2 Å². The predicted octanol–water partition coefficient (Wildman–Crippen LogP) is 3.19. The number of rotatable bonds is 3. The van der Waals surface area contributed by atoms with Crippen LogP contribution in [0.1, 0.15) is 27.7 Å². The summed E-state index contributed by atoms with van der Waals surface area (Å²) in [5.74, 6) is -0.0345. The molecule has 104 valence electrons. The quantitative estimate of drug-likeness (QED) is 0.910. The summed E-state index contributed by atoms with van der Waals surface area (Å²) in [7, 11) is 0. The number of benzene rings is 1. The summed E-state index contributed by atoms with van der Waals surface area (Å²) in [6.45, 7) is 2.70. The highest BCUT2D eigenvalue weighted by molar-refractivity contribution is 7.18. The van der Waals surface area contributed by atoms with E-state index < -0.39 is 5.97 Å². The molecule has 2 heterocycles. The first kappa shape index (κ1) is 13.0. The molecule has 0 bridgehead atoms. The number of carboxylic acids is 1. The number of nitrogens with two attached hydrogens (primary N) is 1. The van der Waals surface area contributed by atoms with E-state index in [1.807, 2.05) is 19.1 Å². The third-order valence-electron chi connectivity index (χ3n) is 3.55. The van der Waals surface area contributed by atoms with E-state index in [0.717, 1.165) is 34.6 Å². The molecule has 0 radical (unpaired) electrons. The Labute approximate surface area is 120 Å². The van der Waals surface area contributed by atoms with Gasteiger partial charge in [0.2, 0.25) is 0 Å². The number of ether oxygens (including phenoxy) is 1. The fourth-order valence-electron chi connectivity index (χ4n) is 2.55. The molecule has 1 aliphatic rings. The number of anilines is 1. The molecule has 0 saturated heterocycles. The second kappa shape index (κ2) is 4.83. The molecule has 20 heavy (non-hydrogen) atoms. The zero-order valence-corrected chi connectivity index (χ0v) is 11.9. The molecule has 1 aromatic carbocycles. The molecule has 0 saturated carbocycles. The standard InChI is InChI=1S/C15H15NO3S/c1-2-10-12(16)14(15(17)18)20-13(10)9-3-4-11-8(7-9)5-6-19-11/h3-4,7H,2,5-6,16H2,1H3,(H,17,18). The second-order valence-corrected chi connectivity index (χ2v) is 5.75. The highest BCUT2D eigenvalue weighted by Crippen LogP contribution is 2.41. The van der Waals surface area contributed by atoms with Crippen molar-refractivity contribution in [1.82, 2.24) is 0 Å². The van der Waals surface area contributed by atoms with Gasteiger partial charge < -0.3 is 15.6 Å². The van der Waals surface area contributed by atoms with Crippen LogP contribution < -0.4 is 10.5 Å². The third-order valence-corrected chi connectivity index (χ3v) is 4.83. The van der Waals surface area contributed by atoms with Crippen LogP contribution in [-0.4, -0.2) is 17.7 Å². The molecule has 0 amide bonds. The highest BCUT2D eigenvalue weighted by atomic mass is 32.1. The smallest absolute Gasteiger partial charge is 0.348 e. The first-order valence-electron chi connectivity index (χ1n) is 6.52. The van der Waals surface area contributed by atoms with Crippen LogP contribution in [0.5, 0.6) is 5.75 Å². The van der Waals surface area contributed by atoms with E-state index >= 15 is 0 Å². The van der Waals surface area contributed by atoms with Gasteiger partial charge in [-0.1, -0.05) is 6.92 Å². The fourth-order valence-corrected chi connectivity index (χ4v) is 3.70. The largest absolute Gasteiger partial charge is 0.493 e. The minimum absolute atomic E-state index is 0.230. The summed E-state index contributed by atoms with van der Waals surface area (Å²) in [6, 6.07) is 6.01. The van der Waals surface area contributed by atoms with Crippen LogP contribution in [0.3, 0.4) is 0 Å². The molecule has 5 heteroatoms. The second-order valence-electron chi connectivity index (χ2n) is 4.73. The Morgan fingerprint density at radius 1 is 1.50 bits per heavy atom. The lowest BCUT2D eigenvalue weighted by Crippen LogP contribution is -1.99. The minimum atomic E-state index is -0.960. The van der Waals surface area contributed by atoms with Crippen LogP contribution in [0.25, 0.3) is 10.4 Å². The number of fused-ring (bicyclic) bond motifs is 1. The number of nitrogen functional groups attached to an aromatic ring is 1. The summed E-state index contributed by atoms with van der Waals surface area (Å²) in [6.07, 6.45) is 1.62. The van der Waals surface area contributed by atoms with E-state index in [0.29, 0.717) is 12.3 Å². The van der Waals surface area contributed by atoms with Crippen LogP contribution >= 0.6 is 11.3 Å². The van der Waals surface area contributed by atoms with Crippen LogP contribution in [-0.2, 0) is 12.8 Å². The van der Waals surface area contributed by atoms with Crippen molar-refractivity contribution in [2.75, 3.05) is 12.3 Å². The number of carbonyl (C=O) groups is 1. The Kier molecular flexibility index (Phi) is 3.14. The molecule has 0 fully saturated rings. The van der Waals surface area contributed by atoms with Crippen LogP contribution in [0.2, 0.25) is 0 Å². The van der Waals surface area contributed by atoms with Gasteiger partial charge in [0.1, 0.15) is 10.6 Å². The highest BCUT2D eigenvalue weighted by Gasteiger charge is 2.21. The number of hydrogen-bond donors (Lipinski definition) is 2. The summed E-state index contributed by atoms with van der Waals surface area (Å²) in [5.41, 5.74) is 9.49. The summed E-state index contributed by atoms with van der Waals surface area (Å²) < 4.78 is 5.50. The first-order valence-corrected chi connectivity index (χ1v) is 7.34. The predicted molar refractivity (Wildman–Crippen MR) is 79.7 cm³/mol. The summed E-state index contributed by atoms with van der Waals surface area (Å²) >= 11 is 1.25. The first-order chi connectivity index (χ1) is 9.61. The molecule has 0 atom stereocenters. The minimum Gasteiger partial charge on any atom is -0.493 e. The van der Waals surface area contributed by atoms with Gasteiger partial charge >= 0.3 is 5.97 Å². The van der Waals surface area contributed by atoms with E-state index in [2.05, 4.69) is 6.07 Å². The SMILES string of the molecule is CCc1c(-c2ccc3c(c2)CCO3)sc(C(=O)O)c1N. The maximum Gasteiger partial charge on any atom is 0.348 e. The number of carboxylic acid groups (broad SMARTS) is 1. The van der Waals surface area contributed by atoms with Gasteiger partial charge in [0.25, 0.3) is 0 Å². The van der Waals surface area contributed by atoms with Crippen molar-refractivity contribution in [2.45, 2.75) is 19.8 Å². The Bertz CT molecular complexity index is 691. The van der Waals surface area contributed by atoms with Gasteiger partial charge in [-0.25, -0.2) is 4.79 Å². The van der Waals surface area contributed by atoms with Gasteiger partial charge in [-0.05, 0) is 41.3 Å². The molecule has 3 rings (SSSR count). The topological polar surface area (TPSA) is 72.5 Å². The molecular weight excluding hydrogens is 274 g/mol.